The zero-order valence-corrected chi connectivity index (χ0v) is 11.0. The average Bonchev–Trinajstić information content (AvgIpc) is 2.60. The summed E-state index contributed by atoms with van der Waals surface area (Å²) in [7, 11) is 0. The zero-order chi connectivity index (χ0) is 11.9. The number of rotatable bonds is 4. The predicted octanol–water partition coefficient (Wildman–Crippen LogP) is 3.02. The van der Waals surface area contributed by atoms with Crippen LogP contribution in [0.3, 0.4) is 0 Å². The number of hydrogen-bond acceptors (Lipinski definition) is 3. The predicted molar refractivity (Wildman–Crippen MR) is 74.5 cm³/mol. The van der Waals surface area contributed by atoms with Crippen molar-refractivity contribution in [2.75, 3.05) is 18.8 Å². The summed E-state index contributed by atoms with van der Waals surface area (Å²) in [6.45, 7) is 2.35. The van der Waals surface area contributed by atoms with E-state index in [1.54, 1.807) is 6.07 Å². The highest BCUT2D eigenvalue weighted by molar-refractivity contribution is 7.98. The van der Waals surface area contributed by atoms with E-state index in [1.165, 1.54) is 38.1 Å². The maximum absolute atomic E-state index is 9.67. The van der Waals surface area contributed by atoms with Gasteiger partial charge in [-0.25, -0.2) is 0 Å². The molecule has 1 fully saturated rings. The molecular weight excluding hydrogens is 230 g/mol. The summed E-state index contributed by atoms with van der Waals surface area (Å²) in [5.41, 5.74) is 1.06. The summed E-state index contributed by atoms with van der Waals surface area (Å²) in [5, 5.41) is 13.1. The topological polar surface area (TPSA) is 32.3 Å². The van der Waals surface area contributed by atoms with E-state index in [-0.39, 0.29) is 0 Å². The standard InChI is InChI=1S/C14H21NOS/c16-14-6-2-1-5-13(14)11-17-10-12-4-3-8-15-9-7-12/h1-2,5-6,12,15-16H,3-4,7-11H2. The summed E-state index contributed by atoms with van der Waals surface area (Å²) in [5.74, 6) is 3.43. The van der Waals surface area contributed by atoms with Gasteiger partial charge < -0.3 is 10.4 Å². The number of aromatic hydroxyl groups is 1. The maximum atomic E-state index is 9.67. The van der Waals surface area contributed by atoms with Gasteiger partial charge in [0.25, 0.3) is 0 Å². The highest BCUT2D eigenvalue weighted by Crippen LogP contribution is 2.25. The average molecular weight is 251 g/mol. The van der Waals surface area contributed by atoms with Gasteiger partial charge in [-0.1, -0.05) is 18.2 Å². The Morgan fingerprint density at radius 3 is 3.00 bits per heavy atom. The van der Waals surface area contributed by atoms with Gasteiger partial charge in [0.05, 0.1) is 0 Å². The molecule has 1 aliphatic rings. The van der Waals surface area contributed by atoms with Crippen LogP contribution in [0.5, 0.6) is 5.75 Å². The van der Waals surface area contributed by atoms with Crippen molar-refractivity contribution in [1.29, 1.82) is 0 Å². The lowest BCUT2D eigenvalue weighted by Gasteiger charge is -2.13. The van der Waals surface area contributed by atoms with Crippen molar-refractivity contribution in [1.82, 2.24) is 5.32 Å². The summed E-state index contributed by atoms with van der Waals surface area (Å²) >= 11 is 1.95. The molecule has 0 aromatic heterocycles. The molecule has 1 unspecified atom stereocenters. The molecule has 1 aliphatic heterocycles. The second kappa shape index (κ2) is 6.92. The molecule has 1 heterocycles. The van der Waals surface area contributed by atoms with Crippen molar-refractivity contribution in [3.63, 3.8) is 0 Å². The van der Waals surface area contributed by atoms with Crippen molar-refractivity contribution >= 4 is 11.8 Å². The van der Waals surface area contributed by atoms with E-state index >= 15 is 0 Å². The van der Waals surface area contributed by atoms with E-state index in [1.807, 2.05) is 30.0 Å². The normalized spacial score (nSPS) is 21.1. The Labute approximate surface area is 108 Å². The number of hydrogen-bond donors (Lipinski definition) is 2. The van der Waals surface area contributed by atoms with Gasteiger partial charge in [-0.05, 0) is 50.1 Å². The summed E-state index contributed by atoms with van der Waals surface area (Å²) in [6.07, 6.45) is 3.95. The first kappa shape index (κ1) is 12.8. The molecule has 3 heteroatoms. The zero-order valence-electron chi connectivity index (χ0n) is 10.2. The van der Waals surface area contributed by atoms with Crippen LogP contribution in [0.1, 0.15) is 24.8 Å². The van der Waals surface area contributed by atoms with E-state index in [2.05, 4.69) is 5.32 Å². The molecule has 2 rings (SSSR count). The van der Waals surface area contributed by atoms with Gasteiger partial charge >= 0.3 is 0 Å². The first-order valence-electron chi connectivity index (χ1n) is 6.41. The molecule has 2 N–H and O–H groups in total. The molecule has 17 heavy (non-hydrogen) atoms. The Kier molecular flexibility index (Phi) is 5.20. The second-order valence-electron chi connectivity index (χ2n) is 4.69. The summed E-state index contributed by atoms with van der Waals surface area (Å²) < 4.78 is 0. The first-order chi connectivity index (χ1) is 8.36. The minimum Gasteiger partial charge on any atom is -0.508 e. The molecule has 0 amide bonds. The van der Waals surface area contributed by atoms with E-state index in [0.717, 1.165) is 17.2 Å². The van der Waals surface area contributed by atoms with Gasteiger partial charge in [0, 0.05) is 11.3 Å². The molecule has 94 valence electrons. The number of benzene rings is 1. The molecule has 0 radical (unpaired) electrons. The number of nitrogens with one attached hydrogen (secondary N) is 1. The van der Waals surface area contributed by atoms with Gasteiger partial charge in [0.1, 0.15) is 5.75 Å². The van der Waals surface area contributed by atoms with E-state index in [4.69, 9.17) is 0 Å². The Morgan fingerprint density at radius 2 is 2.12 bits per heavy atom. The Bertz CT molecular complexity index is 335. The monoisotopic (exact) mass is 251 g/mol. The lowest BCUT2D eigenvalue weighted by atomic mass is 10.0. The fourth-order valence-electron chi connectivity index (χ4n) is 2.23. The molecule has 0 aliphatic carbocycles. The van der Waals surface area contributed by atoms with Gasteiger partial charge in [-0.2, -0.15) is 11.8 Å². The van der Waals surface area contributed by atoms with Gasteiger partial charge in [-0.15, -0.1) is 0 Å². The smallest absolute Gasteiger partial charge is 0.119 e. The SMILES string of the molecule is Oc1ccccc1CSCC1CCCNCC1. The highest BCUT2D eigenvalue weighted by Gasteiger charge is 2.12. The lowest BCUT2D eigenvalue weighted by molar-refractivity contribution is 0.470. The Hall–Kier alpha value is -0.670. The number of phenolic OH excluding ortho intramolecular Hbond substituents is 1. The van der Waals surface area contributed by atoms with Gasteiger partial charge in [0.2, 0.25) is 0 Å². The van der Waals surface area contributed by atoms with Crippen LogP contribution in [0.2, 0.25) is 0 Å². The molecule has 0 saturated carbocycles. The van der Waals surface area contributed by atoms with Crippen molar-refractivity contribution in [3.05, 3.63) is 29.8 Å². The molecular formula is C14H21NOS. The third kappa shape index (κ3) is 4.25. The van der Waals surface area contributed by atoms with Crippen LogP contribution in [-0.2, 0) is 5.75 Å². The van der Waals surface area contributed by atoms with E-state index in [9.17, 15) is 5.11 Å². The maximum Gasteiger partial charge on any atom is 0.119 e. The molecule has 1 aromatic rings. The minimum atomic E-state index is 0.433. The van der Waals surface area contributed by atoms with E-state index < -0.39 is 0 Å². The molecule has 1 aromatic carbocycles. The van der Waals surface area contributed by atoms with Gasteiger partial charge in [0.15, 0.2) is 0 Å². The summed E-state index contributed by atoms with van der Waals surface area (Å²) in [4.78, 5) is 0. The van der Waals surface area contributed by atoms with Crippen molar-refractivity contribution in [2.24, 2.45) is 5.92 Å². The van der Waals surface area contributed by atoms with Crippen molar-refractivity contribution in [3.8, 4) is 5.75 Å². The van der Waals surface area contributed by atoms with Crippen LogP contribution in [0, 0.1) is 5.92 Å². The number of para-hydroxylation sites is 1. The van der Waals surface area contributed by atoms with E-state index in [0.29, 0.717) is 5.75 Å². The van der Waals surface area contributed by atoms with Crippen LogP contribution in [-0.4, -0.2) is 23.9 Å². The third-order valence-electron chi connectivity index (χ3n) is 3.30. The molecule has 0 bridgehead atoms. The van der Waals surface area contributed by atoms with Gasteiger partial charge in [-0.3, -0.25) is 0 Å². The van der Waals surface area contributed by atoms with Crippen LogP contribution in [0.15, 0.2) is 24.3 Å². The van der Waals surface area contributed by atoms with Crippen molar-refractivity contribution in [2.45, 2.75) is 25.0 Å². The summed E-state index contributed by atoms with van der Waals surface area (Å²) in [6, 6.07) is 7.65. The Balaban J connectivity index is 1.73. The quantitative estimate of drug-likeness (QED) is 0.863. The minimum absolute atomic E-state index is 0.433. The molecule has 0 spiro atoms. The Morgan fingerprint density at radius 1 is 1.24 bits per heavy atom. The number of thioether (sulfide) groups is 1. The van der Waals surface area contributed by atoms with Crippen molar-refractivity contribution < 1.29 is 5.11 Å². The lowest BCUT2D eigenvalue weighted by Crippen LogP contribution is -2.14. The first-order valence-corrected chi connectivity index (χ1v) is 7.57. The van der Waals surface area contributed by atoms with Crippen LogP contribution >= 0.6 is 11.8 Å². The van der Waals surface area contributed by atoms with Crippen LogP contribution in [0.4, 0.5) is 0 Å². The number of phenols is 1. The highest BCUT2D eigenvalue weighted by atomic mass is 32.2. The van der Waals surface area contributed by atoms with Crippen LogP contribution in [0.25, 0.3) is 0 Å². The second-order valence-corrected chi connectivity index (χ2v) is 5.72. The van der Waals surface area contributed by atoms with Crippen LogP contribution < -0.4 is 5.32 Å². The molecule has 2 nitrogen and oxygen atoms in total. The fraction of sp³-hybridized carbons (Fsp3) is 0.571. The largest absolute Gasteiger partial charge is 0.508 e. The fourth-order valence-corrected chi connectivity index (χ4v) is 3.47. The third-order valence-corrected chi connectivity index (χ3v) is 4.52. The molecule has 1 saturated heterocycles. The molecule has 1 atom stereocenters.